The van der Waals surface area contributed by atoms with Crippen LogP contribution in [0.5, 0.6) is 0 Å². The van der Waals surface area contributed by atoms with Crippen LogP contribution in [0, 0.1) is 6.92 Å². The molecule has 25 heavy (non-hydrogen) atoms. The number of carbonyl (C=O) groups is 2. The van der Waals surface area contributed by atoms with Crippen LogP contribution < -0.4 is 5.32 Å². The lowest BCUT2D eigenvalue weighted by molar-refractivity contribution is -0.136. The SMILES string of the molecule is Cc1ccc(-c2nc(NC(=O)c3ccncc3)sc2CC(=O)O)cc1. The van der Waals surface area contributed by atoms with E-state index in [1.807, 2.05) is 31.2 Å². The first-order chi connectivity index (χ1) is 12.0. The van der Waals surface area contributed by atoms with E-state index in [9.17, 15) is 9.59 Å². The van der Waals surface area contributed by atoms with Gasteiger partial charge in [0, 0.05) is 28.4 Å². The summed E-state index contributed by atoms with van der Waals surface area (Å²) in [7, 11) is 0. The van der Waals surface area contributed by atoms with E-state index in [1.165, 1.54) is 23.7 Å². The van der Waals surface area contributed by atoms with Crippen molar-refractivity contribution in [2.24, 2.45) is 0 Å². The molecule has 3 aromatic rings. The second-order valence-corrected chi connectivity index (χ2v) is 6.50. The summed E-state index contributed by atoms with van der Waals surface area (Å²) in [5.41, 5.74) is 2.96. The molecule has 7 heteroatoms. The lowest BCUT2D eigenvalue weighted by atomic mass is 10.1. The van der Waals surface area contributed by atoms with E-state index in [2.05, 4.69) is 15.3 Å². The van der Waals surface area contributed by atoms with E-state index < -0.39 is 5.97 Å². The van der Waals surface area contributed by atoms with Gasteiger partial charge in [-0.15, -0.1) is 11.3 Å². The van der Waals surface area contributed by atoms with Crippen molar-refractivity contribution in [2.45, 2.75) is 13.3 Å². The quantitative estimate of drug-likeness (QED) is 0.733. The zero-order chi connectivity index (χ0) is 17.8. The largest absolute Gasteiger partial charge is 0.481 e. The van der Waals surface area contributed by atoms with Crippen molar-refractivity contribution in [2.75, 3.05) is 5.32 Å². The van der Waals surface area contributed by atoms with Crippen LogP contribution in [0.4, 0.5) is 5.13 Å². The van der Waals surface area contributed by atoms with Crippen molar-refractivity contribution in [3.63, 3.8) is 0 Å². The Morgan fingerprint density at radius 2 is 1.80 bits per heavy atom. The number of aromatic nitrogens is 2. The maximum atomic E-state index is 12.2. The van der Waals surface area contributed by atoms with Gasteiger partial charge in [0.15, 0.2) is 5.13 Å². The summed E-state index contributed by atoms with van der Waals surface area (Å²) < 4.78 is 0. The minimum atomic E-state index is -0.941. The molecule has 0 saturated heterocycles. The predicted molar refractivity (Wildman–Crippen MR) is 95.8 cm³/mol. The Bertz CT molecular complexity index is 905. The Morgan fingerprint density at radius 3 is 2.44 bits per heavy atom. The van der Waals surface area contributed by atoms with Gasteiger partial charge in [0.05, 0.1) is 12.1 Å². The van der Waals surface area contributed by atoms with E-state index in [0.717, 1.165) is 11.1 Å². The highest BCUT2D eigenvalue weighted by molar-refractivity contribution is 7.16. The van der Waals surface area contributed by atoms with Crippen LogP contribution in [0.15, 0.2) is 48.8 Å². The average molecular weight is 353 g/mol. The molecule has 0 spiro atoms. The fourth-order valence-corrected chi connectivity index (χ4v) is 3.24. The van der Waals surface area contributed by atoms with Gasteiger partial charge >= 0.3 is 5.97 Å². The van der Waals surface area contributed by atoms with E-state index >= 15 is 0 Å². The number of aryl methyl sites for hydroxylation is 1. The zero-order valence-electron chi connectivity index (χ0n) is 13.4. The number of benzene rings is 1. The third-order valence-electron chi connectivity index (χ3n) is 3.50. The van der Waals surface area contributed by atoms with Crippen LogP contribution in [0.3, 0.4) is 0 Å². The Hall–Kier alpha value is -3.06. The number of carboxylic acids is 1. The number of anilines is 1. The van der Waals surface area contributed by atoms with E-state index in [1.54, 1.807) is 12.1 Å². The fraction of sp³-hybridized carbons (Fsp3) is 0.111. The fourth-order valence-electron chi connectivity index (χ4n) is 2.27. The number of amides is 1. The van der Waals surface area contributed by atoms with Gasteiger partial charge in [-0.05, 0) is 19.1 Å². The summed E-state index contributed by atoms with van der Waals surface area (Å²) in [5.74, 6) is -1.25. The van der Waals surface area contributed by atoms with Gasteiger partial charge in [-0.2, -0.15) is 0 Å². The molecular formula is C18H15N3O3S. The van der Waals surface area contributed by atoms with Gasteiger partial charge in [-0.3, -0.25) is 19.9 Å². The highest BCUT2D eigenvalue weighted by Crippen LogP contribution is 2.32. The molecule has 3 rings (SSSR count). The Kier molecular flexibility index (Phi) is 4.85. The molecule has 0 fully saturated rings. The number of thiazole rings is 1. The monoisotopic (exact) mass is 353 g/mol. The van der Waals surface area contributed by atoms with Gasteiger partial charge in [-0.25, -0.2) is 4.98 Å². The van der Waals surface area contributed by atoms with Gasteiger partial charge in [0.1, 0.15) is 0 Å². The van der Waals surface area contributed by atoms with Gasteiger partial charge in [0.2, 0.25) is 0 Å². The summed E-state index contributed by atoms with van der Waals surface area (Å²) >= 11 is 1.17. The average Bonchev–Trinajstić information content (AvgIpc) is 2.98. The van der Waals surface area contributed by atoms with Gasteiger partial charge in [-0.1, -0.05) is 29.8 Å². The van der Waals surface area contributed by atoms with Gasteiger partial charge < -0.3 is 5.11 Å². The van der Waals surface area contributed by atoms with E-state index in [0.29, 0.717) is 21.3 Å². The second-order valence-electron chi connectivity index (χ2n) is 5.42. The van der Waals surface area contributed by atoms with Crippen LogP contribution in [0.2, 0.25) is 0 Å². The lowest BCUT2D eigenvalue weighted by Crippen LogP contribution is -2.11. The van der Waals surface area contributed by atoms with Crippen LogP contribution in [0.1, 0.15) is 20.8 Å². The van der Waals surface area contributed by atoms with Crippen molar-refractivity contribution >= 4 is 28.3 Å². The minimum Gasteiger partial charge on any atom is -0.481 e. The summed E-state index contributed by atoms with van der Waals surface area (Å²) in [4.78, 5) is 32.3. The number of pyridine rings is 1. The highest BCUT2D eigenvalue weighted by atomic mass is 32.1. The Labute approximate surface area is 148 Å². The van der Waals surface area contributed by atoms with Crippen LogP contribution in [-0.4, -0.2) is 27.0 Å². The third kappa shape index (κ3) is 4.07. The molecule has 0 radical (unpaired) electrons. The zero-order valence-corrected chi connectivity index (χ0v) is 14.2. The highest BCUT2D eigenvalue weighted by Gasteiger charge is 2.17. The number of hydrogen-bond donors (Lipinski definition) is 2. The van der Waals surface area contributed by atoms with Crippen LogP contribution in [0.25, 0.3) is 11.3 Å². The molecule has 0 bridgehead atoms. The summed E-state index contributed by atoms with van der Waals surface area (Å²) in [5, 5.41) is 12.2. The Morgan fingerprint density at radius 1 is 1.12 bits per heavy atom. The number of carboxylic acid groups (broad SMARTS) is 1. The normalized spacial score (nSPS) is 10.4. The van der Waals surface area contributed by atoms with E-state index in [-0.39, 0.29) is 12.3 Å². The number of aliphatic carboxylic acids is 1. The minimum absolute atomic E-state index is 0.147. The molecule has 0 aliphatic heterocycles. The first-order valence-corrected chi connectivity index (χ1v) is 8.34. The standard InChI is InChI=1S/C18H15N3O3S/c1-11-2-4-12(5-3-11)16-14(10-15(22)23)25-18(20-16)21-17(24)13-6-8-19-9-7-13/h2-9H,10H2,1H3,(H,22,23)(H,20,21,24). The molecule has 126 valence electrons. The summed E-state index contributed by atoms with van der Waals surface area (Å²) in [6, 6.07) is 10.9. The van der Waals surface area contributed by atoms with Gasteiger partial charge in [0.25, 0.3) is 5.91 Å². The molecule has 2 heterocycles. The number of carbonyl (C=O) groups excluding carboxylic acids is 1. The molecule has 0 unspecified atom stereocenters. The second kappa shape index (κ2) is 7.23. The van der Waals surface area contributed by atoms with Crippen LogP contribution in [-0.2, 0) is 11.2 Å². The molecule has 2 aromatic heterocycles. The molecule has 0 saturated carbocycles. The maximum absolute atomic E-state index is 12.2. The number of rotatable bonds is 5. The molecule has 2 N–H and O–H groups in total. The van der Waals surface area contributed by atoms with Crippen molar-refractivity contribution in [1.29, 1.82) is 0 Å². The van der Waals surface area contributed by atoms with Crippen LogP contribution >= 0.6 is 11.3 Å². The molecule has 0 aliphatic carbocycles. The van der Waals surface area contributed by atoms with Crippen molar-refractivity contribution < 1.29 is 14.7 Å². The van der Waals surface area contributed by atoms with Crippen molar-refractivity contribution in [3.05, 3.63) is 64.8 Å². The number of hydrogen-bond acceptors (Lipinski definition) is 5. The molecule has 6 nitrogen and oxygen atoms in total. The molecular weight excluding hydrogens is 338 g/mol. The smallest absolute Gasteiger partial charge is 0.308 e. The van der Waals surface area contributed by atoms with E-state index in [4.69, 9.17) is 5.11 Å². The third-order valence-corrected chi connectivity index (χ3v) is 4.47. The predicted octanol–water partition coefficient (Wildman–Crippen LogP) is 3.39. The number of nitrogens with one attached hydrogen (secondary N) is 1. The molecule has 1 amide bonds. The Balaban J connectivity index is 1.91. The first kappa shape index (κ1) is 16.8. The topological polar surface area (TPSA) is 92.2 Å². The first-order valence-electron chi connectivity index (χ1n) is 7.53. The molecule has 0 aliphatic rings. The lowest BCUT2D eigenvalue weighted by Gasteiger charge is -2.01. The summed E-state index contributed by atoms with van der Waals surface area (Å²) in [6.07, 6.45) is 2.92. The summed E-state index contributed by atoms with van der Waals surface area (Å²) in [6.45, 7) is 1.98. The molecule has 0 atom stereocenters. The maximum Gasteiger partial charge on any atom is 0.308 e. The van der Waals surface area contributed by atoms with Crippen molar-refractivity contribution in [1.82, 2.24) is 9.97 Å². The number of nitrogens with zero attached hydrogens (tertiary/aromatic N) is 2. The van der Waals surface area contributed by atoms with Crippen molar-refractivity contribution in [3.8, 4) is 11.3 Å². The molecule has 1 aromatic carbocycles.